The average molecular weight is 142 g/mol. The molecular formula is C3H4N5O2. The van der Waals surface area contributed by atoms with Crippen LogP contribution >= 0.6 is 0 Å². The molecule has 0 aliphatic carbocycles. The number of tetrazole rings is 1. The van der Waals surface area contributed by atoms with Crippen LogP contribution in [-0.2, 0) is 4.79 Å². The van der Waals surface area contributed by atoms with Crippen LogP contribution in [0.1, 0.15) is 6.23 Å². The zero-order chi connectivity index (χ0) is 7.56. The number of hydrogen-bond acceptors (Lipinski definition) is 5. The Labute approximate surface area is 55.4 Å². The first-order valence-electron chi connectivity index (χ1n) is 2.35. The zero-order valence-electron chi connectivity index (χ0n) is 4.80. The summed E-state index contributed by atoms with van der Waals surface area (Å²) in [5.74, 6) is -0.927. The van der Waals surface area contributed by atoms with E-state index in [1.807, 2.05) is 0 Å². The molecule has 53 valence electrons. The molecule has 1 rings (SSSR count). The topological polar surface area (TPSA) is 107 Å². The van der Waals surface area contributed by atoms with Crippen LogP contribution in [0.3, 0.4) is 0 Å². The second-order valence-electron chi connectivity index (χ2n) is 1.50. The normalized spacial score (nSPS) is 12.9. The van der Waals surface area contributed by atoms with Crippen molar-refractivity contribution in [2.75, 3.05) is 0 Å². The van der Waals surface area contributed by atoms with Crippen LogP contribution in [0.2, 0.25) is 0 Å². The maximum atomic E-state index is 10.2. The van der Waals surface area contributed by atoms with E-state index < -0.39 is 12.1 Å². The number of rotatable bonds is 2. The van der Waals surface area contributed by atoms with E-state index in [1.165, 1.54) is 0 Å². The van der Waals surface area contributed by atoms with Gasteiger partial charge in [-0.05, 0) is 10.4 Å². The Hall–Kier alpha value is -1.50. The molecule has 7 heteroatoms. The number of amides is 1. The van der Waals surface area contributed by atoms with Crippen LogP contribution < -0.4 is 5.73 Å². The van der Waals surface area contributed by atoms with E-state index in [2.05, 4.69) is 21.9 Å². The fourth-order valence-corrected chi connectivity index (χ4v) is 0.373. The Bertz CT molecular complexity index is 219. The summed E-state index contributed by atoms with van der Waals surface area (Å²) in [4.78, 5) is 10.2. The number of primary amides is 1. The summed E-state index contributed by atoms with van der Waals surface area (Å²) in [6, 6.07) is 0. The first-order valence-corrected chi connectivity index (χ1v) is 2.35. The molecule has 1 amide bonds. The number of nitrogens with two attached hydrogens (primary N) is 1. The number of nitrogens with zero attached hydrogens (tertiary/aromatic N) is 4. The van der Waals surface area contributed by atoms with Crippen molar-refractivity contribution >= 4 is 5.91 Å². The molecule has 1 aromatic rings. The Kier molecular flexibility index (Phi) is 1.59. The SMILES string of the molecule is NC(=O)C(O)n1[c]nnn1. The summed E-state index contributed by atoms with van der Waals surface area (Å²) in [7, 11) is 0. The molecule has 0 aliphatic heterocycles. The third-order valence-electron chi connectivity index (χ3n) is 0.814. The first-order chi connectivity index (χ1) is 4.72. The van der Waals surface area contributed by atoms with E-state index in [9.17, 15) is 4.79 Å². The van der Waals surface area contributed by atoms with Gasteiger partial charge in [0.05, 0.1) is 0 Å². The van der Waals surface area contributed by atoms with Gasteiger partial charge in [0.25, 0.3) is 5.91 Å². The molecule has 0 aliphatic rings. The molecular weight excluding hydrogens is 138 g/mol. The lowest BCUT2D eigenvalue weighted by Gasteiger charge is -2.01. The molecule has 1 unspecified atom stereocenters. The highest BCUT2D eigenvalue weighted by molar-refractivity contribution is 5.76. The van der Waals surface area contributed by atoms with E-state index in [0.717, 1.165) is 4.68 Å². The number of hydrogen-bond donors (Lipinski definition) is 2. The number of carbonyl (C=O) groups is 1. The fraction of sp³-hybridized carbons (Fsp3) is 0.333. The molecule has 0 saturated heterocycles. The Morgan fingerprint density at radius 2 is 2.50 bits per heavy atom. The van der Waals surface area contributed by atoms with Crippen molar-refractivity contribution in [3.05, 3.63) is 6.33 Å². The predicted molar refractivity (Wildman–Crippen MR) is 27.1 cm³/mol. The van der Waals surface area contributed by atoms with E-state index in [-0.39, 0.29) is 0 Å². The smallest absolute Gasteiger partial charge is 0.269 e. The zero-order valence-corrected chi connectivity index (χ0v) is 4.80. The Balaban J connectivity index is 2.77. The van der Waals surface area contributed by atoms with Crippen molar-refractivity contribution in [3.63, 3.8) is 0 Å². The third-order valence-corrected chi connectivity index (χ3v) is 0.814. The molecule has 7 nitrogen and oxygen atoms in total. The lowest BCUT2D eigenvalue weighted by Crippen LogP contribution is -2.26. The van der Waals surface area contributed by atoms with Crippen molar-refractivity contribution < 1.29 is 9.90 Å². The van der Waals surface area contributed by atoms with Gasteiger partial charge < -0.3 is 10.8 Å². The summed E-state index contributed by atoms with van der Waals surface area (Å²) in [6.07, 6.45) is 0.579. The van der Waals surface area contributed by atoms with Gasteiger partial charge in [0.15, 0.2) is 0 Å². The number of aliphatic hydroxyl groups excluding tert-OH is 1. The van der Waals surface area contributed by atoms with Crippen LogP contribution in [0.15, 0.2) is 0 Å². The standard InChI is InChI=1S/C3H4N5O2/c4-2(9)3(10)8-1-5-6-7-8/h3,10H,(H2,4,9). The predicted octanol–water partition coefficient (Wildman–Crippen LogP) is -2.55. The highest BCUT2D eigenvalue weighted by atomic mass is 16.3. The minimum atomic E-state index is -1.53. The highest BCUT2D eigenvalue weighted by Gasteiger charge is 2.13. The number of aliphatic hydroxyl groups is 1. The molecule has 1 heterocycles. The maximum Gasteiger partial charge on any atom is 0.269 e. The summed E-state index contributed by atoms with van der Waals surface area (Å²) in [5.41, 5.74) is 4.70. The molecule has 0 aromatic carbocycles. The van der Waals surface area contributed by atoms with Gasteiger partial charge in [-0.1, -0.05) is 0 Å². The summed E-state index contributed by atoms with van der Waals surface area (Å²) < 4.78 is 0.725. The average Bonchev–Trinajstić information content (AvgIpc) is 2.36. The lowest BCUT2D eigenvalue weighted by molar-refractivity contribution is -0.131. The molecule has 0 bridgehead atoms. The second-order valence-corrected chi connectivity index (χ2v) is 1.50. The molecule has 0 saturated carbocycles. The lowest BCUT2D eigenvalue weighted by atomic mass is 10.5. The van der Waals surface area contributed by atoms with Gasteiger partial charge in [0, 0.05) is 0 Å². The summed E-state index contributed by atoms with van der Waals surface area (Å²) in [5, 5.41) is 18.2. The second kappa shape index (κ2) is 2.40. The minimum Gasteiger partial charge on any atom is -0.366 e. The summed E-state index contributed by atoms with van der Waals surface area (Å²) >= 11 is 0. The molecule has 1 aromatic heterocycles. The van der Waals surface area contributed by atoms with Crippen LogP contribution in [0.5, 0.6) is 0 Å². The largest absolute Gasteiger partial charge is 0.366 e. The number of aromatic nitrogens is 4. The van der Waals surface area contributed by atoms with E-state index in [1.54, 1.807) is 0 Å². The fourth-order valence-electron chi connectivity index (χ4n) is 0.373. The summed E-state index contributed by atoms with van der Waals surface area (Å²) in [6.45, 7) is 0. The van der Waals surface area contributed by atoms with Crippen LogP contribution in [0.4, 0.5) is 0 Å². The van der Waals surface area contributed by atoms with E-state index >= 15 is 0 Å². The van der Waals surface area contributed by atoms with Gasteiger partial charge in [0.2, 0.25) is 12.6 Å². The van der Waals surface area contributed by atoms with Crippen LogP contribution in [-0.4, -0.2) is 31.2 Å². The van der Waals surface area contributed by atoms with Gasteiger partial charge in [-0.25, -0.2) is 0 Å². The van der Waals surface area contributed by atoms with Crippen molar-refractivity contribution in [3.8, 4) is 0 Å². The monoisotopic (exact) mass is 142 g/mol. The van der Waals surface area contributed by atoms with E-state index in [0.29, 0.717) is 0 Å². The van der Waals surface area contributed by atoms with Gasteiger partial charge in [-0.15, -0.1) is 5.10 Å². The molecule has 10 heavy (non-hydrogen) atoms. The van der Waals surface area contributed by atoms with Crippen LogP contribution in [0.25, 0.3) is 0 Å². The Morgan fingerprint density at radius 3 is 2.90 bits per heavy atom. The van der Waals surface area contributed by atoms with Crippen molar-refractivity contribution in [2.24, 2.45) is 5.73 Å². The Morgan fingerprint density at radius 1 is 1.80 bits per heavy atom. The quantitative estimate of drug-likeness (QED) is 0.472. The van der Waals surface area contributed by atoms with Gasteiger partial charge in [-0.2, -0.15) is 4.68 Å². The molecule has 1 radical (unpaired) electrons. The van der Waals surface area contributed by atoms with Gasteiger partial charge >= 0.3 is 0 Å². The molecule has 3 N–H and O–H groups in total. The first kappa shape index (κ1) is 6.62. The van der Waals surface area contributed by atoms with Crippen molar-refractivity contribution in [1.29, 1.82) is 0 Å². The molecule has 0 fully saturated rings. The van der Waals surface area contributed by atoms with Crippen molar-refractivity contribution in [1.82, 2.24) is 20.2 Å². The number of carbonyl (C=O) groups excluding carboxylic acids is 1. The highest BCUT2D eigenvalue weighted by Crippen LogP contribution is 1.92. The maximum absolute atomic E-state index is 10.2. The molecule has 1 atom stereocenters. The molecule has 0 spiro atoms. The van der Waals surface area contributed by atoms with Crippen LogP contribution in [0, 0.1) is 6.33 Å². The van der Waals surface area contributed by atoms with Crippen molar-refractivity contribution in [2.45, 2.75) is 6.23 Å². The minimum absolute atomic E-state index is 0.725. The third kappa shape index (κ3) is 1.08. The van der Waals surface area contributed by atoms with Gasteiger partial charge in [0.1, 0.15) is 0 Å². The van der Waals surface area contributed by atoms with E-state index in [4.69, 9.17) is 10.8 Å². The van der Waals surface area contributed by atoms with Gasteiger partial charge in [-0.3, -0.25) is 4.79 Å².